The number of hydrogen-bond acceptors (Lipinski definition) is 6. The van der Waals surface area contributed by atoms with Gasteiger partial charge in [-0.1, -0.05) is 30.3 Å². The largest absolute Gasteiger partial charge is 0.573 e. The van der Waals surface area contributed by atoms with Gasteiger partial charge in [-0.25, -0.2) is 0 Å². The first-order valence-electron chi connectivity index (χ1n) is 11.7. The van der Waals surface area contributed by atoms with Gasteiger partial charge in [-0.05, 0) is 42.2 Å². The predicted molar refractivity (Wildman–Crippen MR) is 125 cm³/mol. The van der Waals surface area contributed by atoms with Crippen molar-refractivity contribution >= 4 is 35.1 Å². The molecule has 0 aromatic heterocycles. The Morgan fingerprint density at radius 1 is 0.947 bits per heavy atom. The molecule has 9 nitrogen and oxygen atoms in total. The van der Waals surface area contributed by atoms with Crippen LogP contribution in [-0.2, 0) is 9.59 Å². The molecule has 5 amide bonds. The average molecular weight is 527 g/mol. The molecule has 3 aliphatic rings. The van der Waals surface area contributed by atoms with Crippen molar-refractivity contribution in [3.63, 3.8) is 0 Å². The van der Waals surface area contributed by atoms with Crippen LogP contribution in [0.2, 0.25) is 0 Å². The maximum atomic E-state index is 13.3. The zero-order chi connectivity index (χ0) is 27.2. The molecule has 1 N–H and O–H groups in total. The van der Waals surface area contributed by atoms with E-state index in [2.05, 4.69) is 10.1 Å². The summed E-state index contributed by atoms with van der Waals surface area (Å²) >= 11 is 0. The van der Waals surface area contributed by atoms with Crippen LogP contribution in [0.15, 0.2) is 48.5 Å². The zero-order valence-corrected chi connectivity index (χ0v) is 19.7. The van der Waals surface area contributed by atoms with Crippen LogP contribution in [0, 0.1) is 0 Å². The first-order chi connectivity index (χ1) is 18.0. The number of piperidine rings is 1. The number of imide groups is 2. The van der Waals surface area contributed by atoms with Crippen LogP contribution in [0.1, 0.15) is 55.9 Å². The van der Waals surface area contributed by atoms with Gasteiger partial charge in [0.2, 0.25) is 11.8 Å². The van der Waals surface area contributed by atoms with Crippen LogP contribution in [0.4, 0.5) is 13.2 Å². The van der Waals surface area contributed by atoms with Crippen molar-refractivity contribution in [3.05, 3.63) is 70.8 Å². The third-order valence-electron chi connectivity index (χ3n) is 6.65. The topological polar surface area (TPSA) is 113 Å². The minimum absolute atomic E-state index is 0.00280. The maximum absolute atomic E-state index is 13.3. The van der Waals surface area contributed by atoms with Gasteiger partial charge in [0.05, 0.1) is 16.7 Å². The van der Waals surface area contributed by atoms with Crippen LogP contribution >= 0.6 is 0 Å². The molecule has 1 atom stereocenters. The summed E-state index contributed by atoms with van der Waals surface area (Å²) in [7, 11) is 0. The molecular formula is C26H20F3N3O6. The van der Waals surface area contributed by atoms with E-state index < -0.39 is 47.7 Å². The lowest BCUT2D eigenvalue weighted by Gasteiger charge is -2.28. The van der Waals surface area contributed by atoms with Crippen LogP contribution in [0.25, 0.3) is 5.57 Å². The minimum atomic E-state index is -4.95. The van der Waals surface area contributed by atoms with E-state index in [0.29, 0.717) is 11.1 Å². The highest BCUT2D eigenvalue weighted by Gasteiger charge is 2.46. The van der Waals surface area contributed by atoms with Crippen molar-refractivity contribution in [2.45, 2.75) is 31.7 Å². The molecule has 0 spiro atoms. The third kappa shape index (κ3) is 4.53. The fourth-order valence-electron chi connectivity index (χ4n) is 4.91. The number of nitrogens with one attached hydrogen (secondary N) is 1. The molecule has 38 heavy (non-hydrogen) atoms. The molecule has 2 aromatic carbocycles. The van der Waals surface area contributed by atoms with Crippen LogP contribution in [0.3, 0.4) is 0 Å². The number of nitrogens with zero attached hydrogens (tertiary/aromatic N) is 2. The van der Waals surface area contributed by atoms with E-state index in [1.807, 2.05) is 0 Å². The summed E-state index contributed by atoms with van der Waals surface area (Å²) in [6, 6.07) is 8.74. The zero-order valence-electron chi connectivity index (χ0n) is 19.7. The van der Waals surface area contributed by atoms with Gasteiger partial charge in [0.1, 0.15) is 11.8 Å². The van der Waals surface area contributed by atoms with E-state index in [4.69, 9.17) is 0 Å². The lowest BCUT2D eigenvalue weighted by Crippen LogP contribution is -2.54. The minimum Gasteiger partial charge on any atom is -0.405 e. The van der Waals surface area contributed by atoms with Crippen molar-refractivity contribution in [2.75, 3.05) is 13.1 Å². The molecule has 2 aromatic rings. The number of benzene rings is 2. The number of rotatable bonds is 4. The van der Waals surface area contributed by atoms with Gasteiger partial charge < -0.3 is 9.64 Å². The molecule has 0 aliphatic carbocycles. The smallest absolute Gasteiger partial charge is 0.405 e. The van der Waals surface area contributed by atoms with Crippen LogP contribution in [-0.4, -0.2) is 64.8 Å². The summed E-state index contributed by atoms with van der Waals surface area (Å²) in [6.07, 6.45) is -2.97. The molecule has 0 bridgehead atoms. The number of para-hydroxylation sites is 1. The Labute approximate surface area is 213 Å². The molecule has 1 unspecified atom stereocenters. The second-order valence-electron chi connectivity index (χ2n) is 8.95. The first-order valence-corrected chi connectivity index (χ1v) is 11.7. The number of ether oxygens (including phenoxy) is 1. The first kappa shape index (κ1) is 25.2. The Morgan fingerprint density at radius 3 is 2.37 bits per heavy atom. The van der Waals surface area contributed by atoms with Crippen molar-refractivity contribution in [2.24, 2.45) is 0 Å². The number of hydrogen-bond donors (Lipinski definition) is 1. The molecule has 1 saturated heterocycles. The van der Waals surface area contributed by atoms with Gasteiger partial charge in [-0.15, -0.1) is 13.2 Å². The highest BCUT2D eigenvalue weighted by molar-refractivity contribution is 6.25. The average Bonchev–Trinajstić information content (AvgIpc) is 3.13. The van der Waals surface area contributed by atoms with Gasteiger partial charge in [-0.3, -0.25) is 34.2 Å². The molecule has 0 saturated carbocycles. The van der Waals surface area contributed by atoms with Crippen molar-refractivity contribution in [3.8, 4) is 5.75 Å². The van der Waals surface area contributed by atoms with E-state index in [-0.39, 0.29) is 49.0 Å². The molecule has 196 valence electrons. The van der Waals surface area contributed by atoms with E-state index in [0.717, 1.165) is 11.0 Å². The van der Waals surface area contributed by atoms with Gasteiger partial charge in [0, 0.05) is 19.5 Å². The fraction of sp³-hybridized carbons (Fsp3) is 0.269. The van der Waals surface area contributed by atoms with Gasteiger partial charge in [-0.2, -0.15) is 0 Å². The van der Waals surface area contributed by atoms with Gasteiger partial charge in [0.15, 0.2) is 0 Å². The third-order valence-corrected chi connectivity index (χ3v) is 6.65. The number of halogens is 3. The number of carbonyl (C=O) groups is 5. The Hall–Kier alpha value is -4.48. The normalized spacial score (nSPS) is 19.8. The summed E-state index contributed by atoms with van der Waals surface area (Å²) in [5.41, 5.74) is 1.19. The number of alkyl halides is 3. The molecular weight excluding hydrogens is 507 g/mol. The monoisotopic (exact) mass is 527 g/mol. The summed E-state index contributed by atoms with van der Waals surface area (Å²) in [4.78, 5) is 65.5. The molecule has 1 fully saturated rings. The van der Waals surface area contributed by atoms with Crippen LogP contribution in [0.5, 0.6) is 5.75 Å². The second-order valence-corrected chi connectivity index (χ2v) is 8.95. The number of fused-ring (bicyclic) bond motifs is 1. The molecule has 5 rings (SSSR count). The van der Waals surface area contributed by atoms with Gasteiger partial charge in [0.25, 0.3) is 17.7 Å². The van der Waals surface area contributed by atoms with E-state index in [1.165, 1.54) is 29.2 Å². The highest BCUT2D eigenvalue weighted by Crippen LogP contribution is 2.35. The number of carbonyl (C=O) groups excluding carboxylic acids is 5. The molecule has 3 heterocycles. The van der Waals surface area contributed by atoms with Crippen molar-refractivity contribution in [1.29, 1.82) is 0 Å². The van der Waals surface area contributed by atoms with E-state index >= 15 is 0 Å². The Balaban J connectivity index is 1.38. The Morgan fingerprint density at radius 2 is 1.68 bits per heavy atom. The van der Waals surface area contributed by atoms with Crippen molar-refractivity contribution in [1.82, 2.24) is 15.1 Å². The predicted octanol–water partition coefficient (Wildman–Crippen LogP) is 2.92. The number of amides is 5. The lowest BCUT2D eigenvalue weighted by atomic mass is 9.92. The standard InChI is InChI=1S/C26H20F3N3O6/c27-26(28,29)38-19-7-2-1-4-16(19)23(35)31-12-10-14(11-13-31)15-5-3-6-17-21(15)25(37)32(24(17)36)18-8-9-20(33)30-22(18)34/h1-7,10,18H,8-9,11-13H2,(H,30,33,34). The second kappa shape index (κ2) is 9.43. The maximum Gasteiger partial charge on any atom is 0.573 e. The lowest BCUT2D eigenvalue weighted by molar-refractivity contribution is -0.274. The van der Waals surface area contributed by atoms with Crippen molar-refractivity contribution < 1.29 is 41.9 Å². The quantitative estimate of drug-likeness (QED) is 0.612. The summed E-state index contributed by atoms with van der Waals surface area (Å²) < 4.78 is 42.3. The SMILES string of the molecule is O=C1CCC(N2C(=O)c3cccc(C4=CCN(C(=O)c5ccccc5OC(F)(F)F)CC4)c3C2=O)C(=O)N1. The Kier molecular flexibility index (Phi) is 6.25. The van der Waals surface area contributed by atoms with E-state index in [1.54, 1.807) is 18.2 Å². The molecule has 0 radical (unpaired) electrons. The highest BCUT2D eigenvalue weighted by atomic mass is 19.4. The van der Waals surface area contributed by atoms with Gasteiger partial charge >= 0.3 is 6.36 Å². The molecule has 12 heteroatoms. The Bertz CT molecular complexity index is 1420. The fourth-order valence-corrected chi connectivity index (χ4v) is 4.91. The summed E-state index contributed by atoms with van der Waals surface area (Å²) in [6.45, 7) is 0.199. The summed E-state index contributed by atoms with van der Waals surface area (Å²) in [5, 5.41) is 2.15. The molecule has 3 aliphatic heterocycles. The summed E-state index contributed by atoms with van der Waals surface area (Å²) in [5.74, 6) is -3.70. The van der Waals surface area contributed by atoms with E-state index in [9.17, 15) is 37.1 Å². The van der Waals surface area contributed by atoms with Crippen LogP contribution < -0.4 is 10.1 Å².